The zero-order valence-corrected chi connectivity index (χ0v) is 12.4. The van der Waals surface area contributed by atoms with Crippen LogP contribution in [0.4, 0.5) is 0 Å². The molecule has 1 aromatic heterocycles. The number of rotatable bonds is 7. The average Bonchev–Trinajstić information content (AvgIpc) is 3.14. The van der Waals surface area contributed by atoms with Crippen molar-refractivity contribution in [3.63, 3.8) is 0 Å². The van der Waals surface area contributed by atoms with Gasteiger partial charge in [0.1, 0.15) is 5.76 Å². The van der Waals surface area contributed by atoms with Crippen LogP contribution < -0.4 is 10.6 Å². The molecule has 112 valence electrons. The molecule has 0 radical (unpaired) electrons. The molecule has 0 spiro atoms. The van der Waals surface area contributed by atoms with E-state index < -0.39 is 0 Å². The van der Waals surface area contributed by atoms with E-state index in [2.05, 4.69) is 20.5 Å². The molecule has 5 nitrogen and oxygen atoms in total. The number of hydrogen-bond donors (Lipinski definition) is 2. The van der Waals surface area contributed by atoms with Gasteiger partial charge < -0.3 is 20.0 Å². The number of nitrogens with zero attached hydrogens (tertiary/aromatic N) is 2. The Morgan fingerprint density at radius 3 is 2.80 bits per heavy atom. The largest absolute Gasteiger partial charge is 0.469 e. The molecular weight excluding hydrogens is 252 g/mol. The standard InChI is InChI=1S/C15H26N4O/c1-16-15(18-9-7-14-6-4-13-20-14)17-8-5-12-19-10-2-3-11-19/h4,6,13H,2-3,5,7-12H2,1H3,(H2,16,17,18). The molecule has 1 saturated heterocycles. The summed E-state index contributed by atoms with van der Waals surface area (Å²) in [5, 5.41) is 6.66. The van der Waals surface area contributed by atoms with Crippen molar-refractivity contribution in [3.8, 4) is 0 Å². The molecule has 0 bridgehead atoms. The van der Waals surface area contributed by atoms with Crippen LogP contribution in [0.5, 0.6) is 0 Å². The van der Waals surface area contributed by atoms with E-state index in [1.54, 1.807) is 6.26 Å². The lowest BCUT2D eigenvalue weighted by Crippen LogP contribution is -2.39. The lowest BCUT2D eigenvalue weighted by Gasteiger charge is -2.15. The van der Waals surface area contributed by atoms with Crippen molar-refractivity contribution in [2.24, 2.45) is 4.99 Å². The fourth-order valence-corrected chi connectivity index (χ4v) is 2.50. The summed E-state index contributed by atoms with van der Waals surface area (Å²) in [6.07, 6.45) is 6.48. The summed E-state index contributed by atoms with van der Waals surface area (Å²) in [4.78, 5) is 6.76. The molecular formula is C15H26N4O. The molecule has 0 atom stereocenters. The van der Waals surface area contributed by atoms with Crippen LogP contribution in [0.1, 0.15) is 25.0 Å². The first kappa shape index (κ1) is 14.9. The van der Waals surface area contributed by atoms with Gasteiger partial charge in [-0.3, -0.25) is 4.99 Å². The Balaban J connectivity index is 1.53. The highest BCUT2D eigenvalue weighted by molar-refractivity contribution is 5.79. The van der Waals surface area contributed by atoms with Crippen molar-refractivity contribution in [2.75, 3.05) is 39.8 Å². The SMILES string of the molecule is CN=C(NCCCN1CCCC1)NCCc1ccco1. The molecule has 1 aromatic rings. The second-order valence-electron chi connectivity index (χ2n) is 5.16. The number of hydrogen-bond acceptors (Lipinski definition) is 3. The average molecular weight is 278 g/mol. The summed E-state index contributed by atoms with van der Waals surface area (Å²) in [6, 6.07) is 3.91. The van der Waals surface area contributed by atoms with E-state index in [9.17, 15) is 0 Å². The molecule has 2 rings (SSSR count). The molecule has 0 amide bonds. The van der Waals surface area contributed by atoms with Crippen molar-refractivity contribution in [3.05, 3.63) is 24.2 Å². The molecule has 5 heteroatoms. The molecule has 1 fully saturated rings. The minimum atomic E-state index is 0.833. The van der Waals surface area contributed by atoms with E-state index in [0.29, 0.717) is 0 Å². The predicted molar refractivity (Wildman–Crippen MR) is 82.1 cm³/mol. The van der Waals surface area contributed by atoms with E-state index in [1.807, 2.05) is 19.2 Å². The number of likely N-dealkylation sites (tertiary alicyclic amines) is 1. The van der Waals surface area contributed by atoms with E-state index >= 15 is 0 Å². The zero-order chi connectivity index (χ0) is 14.0. The molecule has 2 heterocycles. The molecule has 0 aliphatic carbocycles. The molecule has 20 heavy (non-hydrogen) atoms. The maximum atomic E-state index is 5.30. The van der Waals surface area contributed by atoms with Gasteiger partial charge in [0, 0.05) is 26.6 Å². The second kappa shape index (κ2) is 8.64. The smallest absolute Gasteiger partial charge is 0.190 e. The van der Waals surface area contributed by atoms with Gasteiger partial charge in [-0.25, -0.2) is 0 Å². The topological polar surface area (TPSA) is 52.8 Å². The third kappa shape index (κ3) is 5.25. The fraction of sp³-hybridized carbons (Fsp3) is 0.667. The van der Waals surface area contributed by atoms with Crippen molar-refractivity contribution < 1.29 is 4.42 Å². The normalized spacial score (nSPS) is 16.6. The van der Waals surface area contributed by atoms with E-state index in [1.165, 1.54) is 38.9 Å². The van der Waals surface area contributed by atoms with Crippen molar-refractivity contribution in [1.82, 2.24) is 15.5 Å². The molecule has 1 aliphatic rings. The summed E-state index contributed by atoms with van der Waals surface area (Å²) in [5.41, 5.74) is 0. The summed E-state index contributed by atoms with van der Waals surface area (Å²) in [5.74, 6) is 1.87. The quantitative estimate of drug-likeness (QED) is 0.450. The second-order valence-corrected chi connectivity index (χ2v) is 5.16. The Morgan fingerprint density at radius 2 is 2.10 bits per heavy atom. The zero-order valence-electron chi connectivity index (χ0n) is 12.4. The summed E-state index contributed by atoms with van der Waals surface area (Å²) >= 11 is 0. The third-order valence-corrected chi connectivity index (χ3v) is 3.61. The Kier molecular flexibility index (Phi) is 6.44. The maximum absolute atomic E-state index is 5.30. The highest BCUT2D eigenvalue weighted by atomic mass is 16.3. The van der Waals surface area contributed by atoms with Crippen LogP contribution in [0.2, 0.25) is 0 Å². The van der Waals surface area contributed by atoms with Gasteiger partial charge in [-0.1, -0.05) is 0 Å². The van der Waals surface area contributed by atoms with Gasteiger partial charge in [0.2, 0.25) is 0 Å². The van der Waals surface area contributed by atoms with Crippen molar-refractivity contribution in [1.29, 1.82) is 0 Å². The fourth-order valence-electron chi connectivity index (χ4n) is 2.50. The summed E-state index contributed by atoms with van der Waals surface area (Å²) in [7, 11) is 1.81. The van der Waals surface area contributed by atoms with Crippen LogP contribution in [0.15, 0.2) is 27.8 Å². The molecule has 0 unspecified atom stereocenters. The van der Waals surface area contributed by atoms with Crippen LogP contribution in [0.25, 0.3) is 0 Å². The predicted octanol–water partition coefficient (Wildman–Crippen LogP) is 1.47. The summed E-state index contributed by atoms with van der Waals surface area (Å²) < 4.78 is 5.30. The molecule has 2 N–H and O–H groups in total. The Labute approximate surface area is 121 Å². The third-order valence-electron chi connectivity index (χ3n) is 3.61. The Morgan fingerprint density at radius 1 is 1.30 bits per heavy atom. The van der Waals surface area contributed by atoms with Gasteiger partial charge in [0.25, 0.3) is 0 Å². The van der Waals surface area contributed by atoms with Gasteiger partial charge in [-0.2, -0.15) is 0 Å². The Hall–Kier alpha value is -1.49. The molecule has 1 aliphatic heterocycles. The first-order valence-corrected chi connectivity index (χ1v) is 7.58. The first-order valence-electron chi connectivity index (χ1n) is 7.58. The van der Waals surface area contributed by atoms with E-state index in [0.717, 1.165) is 31.2 Å². The monoisotopic (exact) mass is 278 g/mol. The number of guanidine groups is 1. The van der Waals surface area contributed by atoms with Crippen LogP contribution in [0.3, 0.4) is 0 Å². The lowest BCUT2D eigenvalue weighted by atomic mass is 10.3. The van der Waals surface area contributed by atoms with Gasteiger partial charge in [-0.05, 0) is 51.0 Å². The minimum Gasteiger partial charge on any atom is -0.469 e. The van der Waals surface area contributed by atoms with Gasteiger partial charge >= 0.3 is 0 Å². The number of aliphatic imine (C=N–C) groups is 1. The number of furan rings is 1. The maximum Gasteiger partial charge on any atom is 0.190 e. The highest BCUT2D eigenvalue weighted by Crippen LogP contribution is 2.06. The van der Waals surface area contributed by atoms with Crippen molar-refractivity contribution >= 4 is 5.96 Å². The van der Waals surface area contributed by atoms with Gasteiger partial charge in [0.05, 0.1) is 6.26 Å². The van der Waals surface area contributed by atoms with Crippen LogP contribution in [-0.2, 0) is 6.42 Å². The van der Waals surface area contributed by atoms with Crippen LogP contribution in [-0.4, -0.2) is 50.6 Å². The molecule has 0 aromatic carbocycles. The lowest BCUT2D eigenvalue weighted by molar-refractivity contribution is 0.334. The van der Waals surface area contributed by atoms with E-state index in [-0.39, 0.29) is 0 Å². The highest BCUT2D eigenvalue weighted by Gasteiger charge is 2.10. The minimum absolute atomic E-state index is 0.833. The molecule has 0 saturated carbocycles. The van der Waals surface area contributed by atoms with Crippen LogP contribution >= 0.6 is 0 Å². The number of nitrogens with one attached hydrogen (secondary N) is 2. The van der Waals surface area contributed by atoms with E-state index in [4.69, 9.17) is 4.42 Å². The Bertz CT molecular complexity index is 383. The van der Waals surface area contributed by atoms with Gasteiger partial charge in [-0.15, -0.1) is 0 Å². The van der Waals surface area contributed by atoms with Gasteiger partial charge in [0.15, 0.2) is 5.96 Å². The first-order chi connectivity index (χ1) is 9.88. The van der Waals surface area contributed by atoms with Crippen molar-refractivity contribution in [2.45, 2.75) is 25.7 Å². The van der Waals surface area contributed by atoms with Crippen LogP contribution in [0, 0.1) is 0 Å². The summed E-state index contributed by atoms with van der Waals surface area (Å²) in [6.45, 7) is 5.54.